The molecule has 1 aliphatic rings. The molecule has 1 saturated heterocycles. The highest BCUT2D eigenvalue weighted by Gasteiger charge is 2.19. The van der Waals surface area contributed by atoms with Gasteiger partial charge >= 0.3 is 0 Å². The van der Waals surface area contributed by atoms with Crippen LogP contribution in [0, 0.1) is 0 Å². The third-order valence-electron chi connectivity index (χ3n) is 5.42. The molecular formula is C23H28ClN3O. The summed E-state index contributed by atoms with van der Waals surface area (Å²) in [6, 6.07) is 15.9. The first kappa shape index (κ1) is 20.4. The molecule has 0 bridgehead atoms. The Morgan fingerprint density at radius 3 is 2.32 bits per heavy atom. The van der Waals surface area contributed by atoms with Gasteiger partial charge in [0.1, 0.15) is 0 Å². The quantitative estimate of drug-likeness (QED) is 0.768. The summed E-state index contributed by atoms with van der Waals surface area (Å²) >= 11 is 5.92. The van der Waals surface area contributed by atoms with Crippen LogP contribution >= 0.6 is 11.6 Å². The molecule has 1 fully saturated rings. The van der Waals surface area contributed by atoms with Crippen LogP contribution < -0.4 is 10.2 Å². The highest BCUT2D eigenvalue weighted by atomic mass is 35.5. The SMILES string of the molecule is C/C(C(=O)NCc1ccc(Cl)cc1)=C(\C)c1ccccc1N1CCN(C)CC1. The predicted octanol–water partition coefficient (Wildman–Crippen LogP) is 4.20. The van der Waals surface area contributed by atoms with E-state index < -0.39 is 0 Å². The van der Waals surface area contributed by atoms with Gasteiger partial charge in [0.2, 0.25) is 5.91 Å². The normalized spacial score (nSPS) is 15.9. The van der Waals surface area contributed by atoms with Crippen LogP contribution in [0.3, 0.4) is 0 Å². The molecule has 3 rings (SSSR count). The molecule has 2 aromatic rings. The number of para-hydroxylation sites is 1. The monoisotopic (exact) mass is 397 g/mol. The number of rotatable bonds is 5. The number of amides is 1. The maximum atomic E-state index is 12.7. The minimum Gasteiger partial charge on any atom is -0.368 e. The number of likely N-dealkylation sites (N-methyl/N-ethyl adjacent to an activating group) is 1. The molecule has 28 heavy (non-hydrogen) atoms. The molecule has 1 aliphatic heterocycles. The Hall–Kier alpha value is -2.30. The first-order valence-electron chi connectivity index (χ1n) is 9.68. The van der Waals surface area contributed by atoms with Gasteiger partial charge < -0.3 is 15.1 Å². The van der Waals surface area contributed by atoms with E-state index in [0.29, 0.717) is 11.6 Å². The molecule has 1 amide bonds. The van der Waals surface area contributed by atoms with Gasteiger partial charge in [-0.1, -0.05) is 41.9 Å². The van der Waals surface area contributed by atoms with Gasteiger partial charge in [-0.05, 0) is 50.2 Å². The lowest BCUT2D eigenvalue weighted by molar-refractivity contribution is -0.117. The van der Waals surface area contributed by atoms with E-state index in [1.165, 1.54) is 5.69 Å². The zero-order valence-corrected chi connectivity index (χ0v) is 17.6. The average molecular weight is 398 g/mol. The Bertz CT molecular complexity index is 852. The van der Waals surface area contributed by atoms with Crippen molar-refractivity contribution < 1.29 is 4.79 Å². The van der Waals surface area contributed by atoms with Gasteiger partial charge in [0.15, 0.2) is 0 Å². The van der Waals surface area contributed by atoms with Crippen molar-refractivity contribution in [3.8, 4) is 0 Å². The van der Waals surface area contributed by atoms with E-state index in [0.717, 1.165) is 48.5 Å². The molecule has 0 saturated carbocycles. The second kappa shape index (κ2) is 9.26. The van der Waals surface area contributed by atoms with Crippen LogP contribution in [0.4, 0.5) is 5.69 Å². The first-order valence-corrected chi connectivity index (χ1v) is 10.1. The molecule has 148 valence electrons. The first-order chi connectivity index (χ1) is 13.5. The number of carbonyl (C=O) groups is 1. The van der Waals surface area contributed by atoms with Gasteiger partial charge in [-0.15, -0.1) is 0 Å². The molecular weight excluding hydrogens is 370 g/mol. The summed E-state index contributed by atoms with van der Waals surface area (Å²) in [6.45, 7) is 8.53. The fourth-order valence-electron chi connectivity index (χ4n) is 3.40. The van der Waals surface area contributed by atoms with Crippen molar-refractivity contribution in [1.29, 1.82) is 0 Å². The van der Waals surface area contributed by atoms with Crippen LogP contribution in [-0.2, 0) is 11.3 Å². The second-order valence-electron chi connectivity index (χ2n) is 7.37. The smallest absolute Gasteiger partial charge is 0.247 e. The summed E-state index contributed by atoms with van der Waals surface area (Å²) in [5, 5.41) is 3.71. The van der Waals surface area contributed by atoms with Crippen LogP contribution in [-0.4, -0.2) is 44.0 Å². The van der Waals surface area contributed by atoms with Gasteiger partial charge in [-0.25, -0.2) is 0 Å². The van der Waals surface area contributed by atoms with Gasteiger partial charge in [-0.2, -0.15) is 0 Å². The zero-order chi connectivity index (χ0) is 20.1. The Balaban J connectivity index is 1.75. The summed E-state index contributed by atoms with van der Waals surface area (Å²) < 4.78 is 0. The molecule has 1 heterocycles. The number of hydrogen-bond acceptors (Lipinski definition) is 3. The molecule has 0 atom stereocenters. The van der Waals surface area contributed by atoms with E-state index in [-0.39, 0.29) is 5.91 Å². The largest absolute Gasteiger partial charge is 0.368 e. The molecule has 0 spiro atoms. The number of piperazine rings is 1. The number of nitrogens with zero attached hydrogens (tertiary/aromatic N) is 2. The van der Waals surface area contributed by atoms with Crippen LogP contribution in [0.25, 0.3) is 5.57 Å². The maximum absolute atomic E-state index is 12.7. The minimum atomic E-state index is -0.0411. The molecule has 5 heteroatoms. The molecule has 0 radical (unpaired) electrons. The Morgan fingerprint density at radius 2 is 1.64 bits per heavy atom. The third-order valence-corrected chi connectivity index (χ3v) is 5.67. The number of nitrogens with one attached hydrogen (secondary N) is 1. The van der Waals surface area contributed by atoms with Crippen LogP contribution in [0.15, 0.2) is 54.1 Å². The summed E-state index contributed by atoms with van der Waals surface area (Å²) in [4.78, 5) is 17.5. The van der Waals surface area contributed by atoms with Crippen molar-refractivity contribution in [3.05, 3.63) is 70.3 Å². The van der Waals surface area contributed by atoms with E-state index in [4.69, 9.17) is 11.6 Å². The highest BCUT2D eigenvalue weighted by Crippen LogP contribution is 2.29. The van der Waals surface area contributed by atoms with Crippen molar-refractivity contribution in [1.82, 2.24) is 10.2 Å². The molecule has 1 N–H and O–H groups in total. The van der Waals surface area contributed by atoms with E-state index in [1.54, 1.807) is 0 Å². The van der Waals surface area contributed by atoms with Gasteiger partial charge in [0.05, 0.1) is 0 Å². The zero-order valence-electron chi connectivity index (χ0n) is 16.8. The summed E-state index contributed by atoms with van der Waals surface area (Å²) in [6.07, 6.45) is 0. The predicted molar refractivity (Wildman–Crippen MR) is 118 cm³/mol. The van der Waals surface area contributed by atoms with Crippen LogP contribution in [0.1, 0.15) is 25.0 Å². The lowest BCUT2D eigenvalue weighted by atomic mass is 9.99. The molecule has 0 aliphatic carbocycles. The number of benzene rings is 2. The summed E-state index contributed by atoms with van der Waals surface area (Å²) in [5.41, 5.74) is 5.13. The Morgan fingerprint density at radius 1 is 1.00 bits per heavy atom. The standard InChI is InChI=1S/C23H28ClN3O/c1-17(18(2)23(28)25-16-19-8-10-20(24)11-9-19)21-6-4-5-7-22(21)27-14-12-26(3)13-15-27/h4-11H,12-16H2,1-3H3,(H,25,28)/b18-17-. The second-order valence-corrected chi connectivity index (χ2v) is 7.80. The summed E-state index contributed by atoms with van der Waals surface area (Å²) in [7, 11) is 2.16. The van der Waals surface area contributed by atoms with E-state index >= 15 is 0 Å². The van der Waals surface area contributed by atoms with Crippen molar-refractivity contribution >= 4 is 28.8 Å². The van der Waals surface area contributed by atoms with Crippen molar-refractivity contribution in [2.75, 3.05) is 38.1 Å². The number of hydrogen-bond donors (Lipinski definition) is 1. The lowest BCUT2D eigenvalue weighted by Crippen LogP contribution is -2.44. The number of halogens is 1. The van der Waals surface area contributed by atoms with Gasteiger partial charge in [-0.3, -0.25) is 4.79 Å². The molecule has 0 aromatic heterocycles. The van der Waals surface area contributed by atoms with E-state index in [1.807, 2.05) is 44.2 Å². The van der Waals surface area contributed by atoms with E-state index in [9.17, 15) is 4.79 Å². The van der Waals surface area contributed by atoms with Crippen LogP contribution in [0.2, 0.25) is 5.02 Å². The average Bonchev–Trinajstić information content (AvgIpc) is 2.72. The third kappa shape index (κ3) is 4.94. The fraction of sp³-hybridized carbons (Fsp3) is 0.348. The van der Waals surface area contributed by atoms with E-state index in [2.05, 4.69) is 40.4 Å². The fourth-order valence-corrected chi connectivity index (χ4v) is 3.53. The van der Waals surface area contributed by atoms with Crippen molar-refractivity contribution in [3.63, 3.8) is 0 Å². The Labute approximate surface area is 172 Å². The number of carbonyl (C=O) groups excluding carboxylic acids is 1. The van der Waals surface area contributed by atoms with Gasteiger partial charge in [0.25, 0.3) is 0 Å². The molecule has 2 aromatic carbocycles. The number of allylic oxidation sites excluding steroid dienone is 1. The summed E-state index contributed by atoms with van der Waals surface area (Å²) in [5.74, 6) is -0.0411. The van der Waals surface area contributed by atoms with Gasteiger partial charge in [0, 0.05) is 54.6 Å². The van der Waals surface area contributed by atoms with Crippen molar-refractivity contribution in [2.24, 2.45) is 0 Å². The highest BCUT2D eigenvalue weighted by molar-refractivity contribution is 6.30. The molecule has 4 nitrogen and oxygen atoms in total. The van der Waals surface area contributed by atoms with Crippen LogP contribution in [0.5, 0.6) is 0 Å². The number of anilines is 1. The molecule has 0 unspecified atom stereocenters. The Kier molecular flexibility index (Phi) is 6.76. The maximum Gasteiger partial charge on any atom is 0.247 e. The van der Waals surface area contributed by atoms with Crippen molar-refractivity contribution in [2.45, 2.75) is 20.4 Å². The minimum absolute atomic E-state index is 0.0411. The topological polar surface area (TPSA) is 35.6 Å². The lowest BCUT2D eigenvalue weighted by Gasteiger charge is -2.35.